The predicted molar refractivity (Wildman–Crippen MR) is 71.0 cm³/mol. The molecule has 0 fully saturated rings. The molecule has 0 bridgehead atoms. The molecule has 0 aliphatic rings. The van der Waals surface area contributed by atoms with Crippen molar-refractivity contribution >= 4 is 11.6 Å². The topological polar surface area (TPSA) is 45.1 Å². The third-order valence-electron chi connectivity index (χ3n) is 2.46. The number of aliphatic hydroxyl groups is 1. The molecule has 96 valence electrons. The highest BCUT2D eigenvalue weighted by molar-refractivity contribution is 6.29. The maximum atomic E-state index is 9.31. The molecule has 0 aromatic carbocycles. The van der Waals surface area contributed by atoms with E-state index in [0.29, 0.717) is 11.7 Å². The third-order valence-corrected chi connectivity index (χ3v) is 2.69. The van der Waals surface area contributed by atoms with E-state index in [-0.39, 0.29) is 18.1 Å². The van der Waals surface area contributed by atoms with Gasteiger partial charge in [0.05, 0.1) is 6.61 Å². The highest BCUT2D eigenvalue weighted by Crippen LogP contribution is 2.20. The van der Waals surface area contributed by atoms with Crippen molar-refractivity contribution in [2.45, 2.75) is 39.8 Å². The van der Waals surface area contributed by atoms with Gasteiger partial charge in [-0.1, -0.05) is 38.4 Å². The second-order valence-electron chi connectivity index (χ2n) is 5.51. The Kier molecular flexibility index (Phi) is 5.37. The number of rotatable bonds is 5. The van der Waals surface area contributed by atoms with E-state index in [1.807, 2.05) is 6.07 Å². The van der Waals surface area contributed by atoms with Crippen molar-refractivity contribution in [1.29, 1.82) is 0 Å². The maximum absolute atomic E-state index is 9.31. The first-order valence-electron chi connectivity index (χ1n) is 5.85. The van der Waals surface area contributed by atoms with Crippen molar-refractivity contribution in [3.63, 3.8) is 0 Å². The summed E-state index contributed by atoms with van der Waals surface area (Å²) in [6.45, 7) is 7.35. The number of nitrogens with zero attached hydrogens (tertiary/aromatic N) is 1. The minimum atomic E-state index is 0.116. The van der Waals surface area contributed by atoms with Gasteiger partial charge in [0.15, 0.2) is 0 Å². The normalized spacial score (nSPS) is 13.7. The quantitative estimate of drug-likeness (QED) is 0.796. The Morgan fingerprint density at radius 1 is 1.41 bits per heavy atom. The van der Waals surface area contributed by atoms with Crippen molar-refractivity contribution in [3.8, 4) is 0 Å². The maximum Gasteiger partial charge on any atom is 0.129 e. The molecule has 0 amide bonds. The molecule has 4 heteroatoms. The lowest BCUT2D eigenvalue weighted by Crippen LogP contribution is -2.35. The van der Waals surface area contributed by atoms with Gasteiger partial charge >= 0.3 is 0 Å². The molecular formula is C13H21ClN2O. The largest absolute Gasteiger partial charge is 0.395 e. The summed E-state index contributed by atoms with van der Waals surface area (Å²) in [4.78, 5) is 4.02. The summed E-state index contributed by atoms with van der Waals surface area (Å²) in [5.74, 6) is 0. The van der Waals surface area contributed by atoms with Crippen LogP contribution < -0.4 is 5.32 Å². The molecule has 0 aliphatic carbocycles. The molecule has 2 N–H and O–H groups in total. The van der Waals surface area contributed by atoms with Crippen LogP contribution in [-0.4, -0.2) is 22.7 Å². The van der Waals surface area contributed by atoms with Crippen LogP contribution in [0.15, 0.2) is 18.3 Å². The Labute approximate surface area is 108 Å². The van der Waals surface area contributed by atoms with Crippen LogP contribution in [-0.2, 0) is 6.54 Å². The van der Waals surface area contributed by atoms with Gasteiger partial charge in [-0.15, -0.1) is 0 Å². The van der Waals surface area contributed by atoms with Crippen LogP contribution in [0, 0.1) is 5.41 Å². The number of nitrogens with one attached hydrogen (secondary N) is 1. The standard InChI is InChI=1S/C13H21ClN2O/c1-13(2,3)6-11(9-17)15-7-10-4-5-12(14)16-8-10/h4-5,8,11,15,17H,6-7,9H2,1-3H3. The van der Waals surface area contributed by atoms with Crippen LogP contribution in [0.3, 0.4) is 0 Å². The first-order valence-corrected chi connectivity index (χ1v) is 6.23. The third kappa shape index (κ3) is 6.01. The Morgan fingerprint density at radius 2 is 2.12 bits per heavy atom. The van der Waals surface area contributed by atoms with Crippen LogP contribution in [0.1, 0.15) is 32.8 Å². The molecule has 1 aromatic heterocycles. The van der Waals surface area contributed by atoms with E-state index in [1.54, 1.807) is 12.3 Å². The zero-order valence-electron chi connectivity index (χ0n) is 10.7. The highest BCUT2D eigenvalue weighted by Gasteiger charge is 2.17. The lowest BCUT2D eigenvalue weighted by atomic mass is 9.88. The zero-order valence-corrected chi connectivity index (χ0v) is 11.5. The number of hydrogen-bond acceptors (Lipinski definition) is 3. The Morgan fingerprint density at radius 3 is 2.59 bits per heavy atom. The van der Waals surface area contributed by atoms with Crippen molar-refractivity contribution in [2.24, 2.45) is 5.41 Å². The lowest BCUT2D eigenvalue weighted by molar-refractivity contribution is 0.198. The number of halogens is 1. The van der Waals surface area contributed by atoms with E-state index in [2.05, 4.69) is 31.1 Å². The van der Waals surface area contributed by atoms with Gasteiger partial charge in [-0.05, 0) is 23.5 Å². The van der Waals surface area contributed by atoms with E-state index < -0.39 is 0 Å². The van der Waals surface area contributed by atoms with E-state index in [1.165, 1.54) is 0 Å². The van der Waals surface area contributed by atoms with Crippen LogP contribution in [0.4, 0.5) is 0 Å². The van der Waals surface area contributed by atoms with Gasteiger partial charge in [0.2, 0.25) is 0 Å². The fraction of sp³-hybridized carbons (Fsp3) is 0.615. The van der Waals surface area contributed by atoms with Gasteiger partial charge in [0, 0.05) is 18.8 Å². The second-order valence-corrected chi connectivity index (χ2v) is 5.90. The predicted octanol–water partition coefficient (Wildman–Crippen LogP) is 2.62. The fourth-order valence-electron chi connectivity index (χ4n) is 1.71. The van der Waals surface area contributed by atoms with Crippen molar-refractivity contribution in [2.75, 3.05) is 6.61 Å². The zero-order chi connectivity index (χ0) is 12.9. The van der Waals surface area contributed by atoms with Gasteiger partial charge in [-0.2, -0.15) is 0 Å². The van der Waals surface area contributed by atoms with Gasteiger partial charge < -0.3 is 10.4 Å². The molecule has 1 unspecified atom stereocenters. The van der Waals surface area contributed by atoms with Crippen LogP contribution in [0.25, 0.3) is 0 Å². The molecule has 0 radical (unpaired) electrons. The molecule has 3 nitrogen and oxygen atoms in total. The minimum absolute atomic E-state index is 0.116. The van der Waals surface area contributed by atoms with E-state index >= 15 is 0 Å². The van der Waals surface area contributed by atoms with Crippen molar-refractivity contribution in [1.82, 2.24) is 10.3 Å². The van der Waals surface area contributed by atoms with Crippen molar-refractivity contribution in [3.05, 3.63) is 29.0 Å². The average Bonchev–Trinajstić information content (AvgIpc) is 2.25. The molecule has 17 heavy (non-hydrogen) atoms. The summed E-state index contributed by atoms with van der Waals surface area (Å²) < 4.78 is 0. The molecule has 0 saturated heterocycles. The van der Waals surface area contributed by atoms with Gasteiger partial charge in [-0.25, -0.2) is 4.98 Å². The first-order chi connectivity index (χ1) is 7.90. The SMILES string of the molecule is CC(C)(C)CC(CO)NCc1ccc(Cl)nc1. The highest BCUT2D eigenvalue weighted by atomic mass is 35.5. The monoisotopic (exact) mass is 256 g/mol. The number of pyridine rings is 1. The van der Waals surface area contributed by atoms with E-state index in [4.69, 9.17) is 11.6 Å². The molecule has 0 spiro atoms. The minimum Gasteiger partial charge on any atom is -0.395 e. The fourth-order valence-corrected chi connectivity index (χ4v) is 1.83. The van der Waals surface area contributed by atoms with Gasteiger partial charge in [-0.3, -0.25) is 0 Å². The molecule has 1 heterocycles. The summed E-state index contributed by atoms with van der Waals surface area (Å²) in [7, 11) is 0. The average molecular weight is 257 g/mol. The van der Waals surface area contributed by atoms with E-state index in [0.717, 1.165) is 12.0 Å². The summed E-state index contributed by atoms with van der Waals surface area (Å²) in [5, 5.41) is 13.1. The molecule has 1 aromatic rings. The Balaban J connectivity index is 2.45. The molecule has 1 atom stereocenters. The van der Waals surface area contributed by atoms with Gasteiger partial charge in [0.25, 0.3) is 0 Å². The molecule has 0 aliphatic heterocycles. The van der Waals surface area contributed by atoms with Crippen molar-refractivity contribution < 1.29 is 5.11 Å². The molecule has 1 rings (SSSR count). The van der Waals surface area contributed by atoms with Crippen LogP contribution >= 0.6 is 11.6 Å². The second kappa shape index (κ2) is 6.34. The summed E-state index contributed by atoms with van der Waals surface area (Å²) in [6, 6.07) is 3.83. The first kappa shape index (κ1) is 14.4. The lowest BCUT2D eigenvalue weighted by Gasteiger charge is -2.25. The van der Waals surface area contributed by atoms with Crippen LogP contribution in [0.5, 0.6) is 0 Å². The summed E-state index contributed by atoms with van der Waals surface area (Å²) in [6.07, 6.45) is 2.69. The summed E-state index contributed by atoms with van der Waals surface area (Å²) >= 11 is 5.72. The summed E-state index contributed by atoms with van der Waals surface area (Å²) in [5.41, 5.74) is 1.28. The molecular weight excluding hydrogens is 236 g/mol. The number of aromatic nitrogens is 1. The Bertz CT molecular complexity index is 332. The van der Waals surface area contributed by atoms with Gasteiger partial charge in [0.1, 0.15) is 5.15 Å². The smallest absolute Gasteiger partial charge is 0.129 e. The molecule has 0 saturated carbocycles. The van der Waals surface area contributed by atoms with Crippen LogP contribution in [0.2, 0.25) is 5.15 Å². The number of hydrogen-bond donors (Lipinski definition) is 2. The van der Waals surface area contributed by atoms with E-state index in [9.17, 15) is 5.11 Å². The number of aliphatic hydroxyl groups excluding tert-OH is 1. The Hall–Kier alpha value is -0.640.